The Hall–Kier alpha value is -2.89. The van der Waals surface area contributed by atoms with Crippen LogP contribution in [-0.4, -0.2) is 37.2 Å². The second-order valence-electron chi connectivity index (χ2n) is 15.3. The van der Waals surface area contributed by atoms with E-state index in [1.165, 1.54) is 89.9 Å². The first kappa shape index (κ1) is 53.1. The van der Waals surface area contributed by atoms with Crippen molar-refractivity contribution < 1.29 is 28.6 Å². The van der Waals surface area contributed by atoms with Crippen LogP contribution >= 0.6 is 0 Å². The lowest BCUT2D eigenvalue weighted by molar-refractivity contribution is -0.167. The van der Waals surface area contributed by atoms with Crippen molar-refractivity contribution in [3.05, 3.63) is 60.8 Å². The van der Waals surface area contributed by atoms with E-state index in [0.717, 1.165) is 83.5 Å². The normalized spacial score (nSPS) is 12.6. The molecule has 0 amide bonds. The van der Waals surface area contributed by atoms with Gasteiger partial charge in [-0.15, -0.1) is 0 Å². The standard InChI is InChI=1S/C50H86O6/c1-4-7-10-13-16-19-21-22-23-24-25-26-27-29-31-34-37-40-43-49(52)55-46-47(45-54-48(51)42-39-36-33-30-18-15-12-9-6-3)56-50(53)44-41-38-35-32-28-20-17-14-11-8-5-2/h8,11,17,20,23-26,32,35,47H,4-7,9-10,12-16,18-19,21-22,27-31,33-34,36-46H2,1-3H3/b11-8-,20-17-,24-23-,26-25-,35-32-. The Bertz CT molecular complexity index is 1040. The zero-order chi connectivity index (χ0) is 40.8. The van der Waals surface area contributed by atoms with E-state index in [9.17, 15) is 14.4 Å². The zero-order valence-corrected chi connectivity index (χ0v) is 36.6. The Morgan fingerprint density at radius 3 is 1.23 bits per heavy atom. The van der Waals surface area contributed by atoms with Crippen molar-refractivity contribution in [3.8, 4) is 0 Å². The van der Waals surface area contributed by atoms with Gasteiger partial charge >= 0.3 is 17.9 Å². The number of esters is 3. The molecule has 0 fully saturated rings. The minimum absolute atomic E-state index is 0.0988. The summed E-state index contributed by atoms with van der Waals surface area (Å²) in [7, 11) is 0. The lowest BCUT2D eigenvalue weighted by Crippen LogP contribution is -2.30. The fourth-order valence-corrected chi connectivity index (χ4v) is 6.28. The number of carbonyl (C=O) groups is 3. The molecular weight excluding hydrogens is 697 g/mol. The Morgan fingerprint density at radius 1 is 0.393 bits per heavy atom. The van der Waals surface area contributed by atoms with Crippen LogP contribution in [0.3, 0.4) is 0 Å². The number of allylic oxidation sites excluding steroid dienone is 10. The Kier molecular flexibility index (Phi) is 42.5. The number of carbonyl (C=O) groups excluding carboxylic acids is 3. The highest BCUT2D eigenvalue weighted by Crippen LogP contribution is 2.13. The van der Waals surface area contributed by atoms with Crippen LogP contribution in [0, 0.1) is 0 Å². The first-order chi connectivity index (χ1) is 27.5. The monoisotopic (exact) mass is 783 g/mol. The summed E-state index contributed by atoms with van der Waals surface area (Å²) in [6, 6.07) is 0. The van der Waals surface area contributed by atoms with Gasteiger partial charge in [0.25, 0.3) is 0 Å². The molecule has 0 aromatic rings. The topological polar surface area (TPSA) is 78.9 Å². The van der Waals surface area contributed by atoms with Crippen LogP contribution in [0.4, 0.5) is 0 Å². The molecular formula is C50H86O6. The summed E-state index contributed by atoms with van der Waals surface area (Å²) in [4.78, 5) is 37.6. The van der Waals surface area contributed by atoms with E-state index in [4.69, 9.17) is 14.2 Å². The highest BCUT2D eigenvalue weighted by atomic mass is 16.6. The lowest BCUT2D eigenvalue weighted by atomic mass is 10.1. The maximum absolute atomic E-state index is 12.7. The van der Waals surface area contributed by atoms with E-state index < -0.39 is 6.10 Å². The fraction of sp³-hybridized carbons (Fsp3) is 0.740. The average Bonchev–Trinajstić information content (AvgIpc) is 3.19. The van der Waals surface area contributed by atoms with Crippen LogP contribution in [0.2, 0.25) is 0 Å². The molecule has 0 bridgehead atoms. The Balaban J connectivity index is 4.39. The second-order valence-corrected chi connectivity index (χ2v) is 15.3. The number of hydrogen-bond donors (Lipinski definition) is 0. The molecule has 0 N–H and O–H groups in total. The molecule has 0 aliphatic heterocycles. The minimum Gasteiger partial charge on any atom is -0.462 e. The molecule has 0 aliphatic carbocycles. The number of rotatable bonds is 41. The van der Waals surface area contributed by atoms with Gasteiger partial charge in [0.2, 0.25) is 0 Å². The SMILES string of the molecule is CC/C=C\C/C=C\C/C=C\CCCC(=O)OC(COC(=O)CCCCCCC/C=C\C=C/CCCCCCCCC)COC(=O)CCCCCCCCCCC. The predicted octanol–water partition coefficient (Wildman–Crippen LogP) is 14.9. The molecule has 56 heavy (non-hydrogen) atoms. The summed E-state index contributed by atoms with van der Waals surface area (Å²) >= 11 is 0. The molecule has 0 spiro atoms. The van der Waals surface area contributed by atoms with Crippen molar-refractivity contribution in [2.75, 3.05) is 13.2 Å². The molecule has 0 radical (unpaired) electrons. The van der Waals surface area contributed by atoms with Gasteiger partial charge in [0.1, 0.15) is 13.2 Å². The molecule has 0 aliphatic rings. The van der Waals surface area contributed by atoms with Gasteiger partial charge in [-0.25, -0.2) is 0 Å². The van der Waals surface area contributed by atoms with Crippen LogP contribution in [0.25, 0.3) is 0 Å². The smallest absolute Gasteiger partial charge is 0.306 e. The first-order valence-electron chi connectivity index (χ1n) is 23.3. The molecule has 1 unspecified atom stereocenters. The third kappa shape index (κ3) is 42.3. The molecule has 0 heterocycles. The molecule has 322 valence electrons. The van der Waals surface area contributed by atoms with E-state index in [1.807, 2.05) is 0 Å². The van der Waals surface area contributed by atoms with Crippen molar-refractivity contribution in [2.45, 2.75) is 226 Å². The minimum atomic E-state index is -0.802. The summed E-state index contributed by atoms with van der Waals surface area (Å²) in [5.41, 5.74) is 0. The van der Waals surface area contributed by atoms with E-state index in [1.54, 1.807) is 0 Å². The molecule has 1 atom stereocenters. The summed E-state index contributed by atoms with van der Waals surface area (Å²) in [6.45, 7) is 6.42. The van der Waals surface area contributed by atoms with Gasteiger partial charge in [0.15, 0.2) is 6.10 Å². The van der Waals surface area contributed by atoms with Gasteiger partial charge in [-0.05, 0) is 70.6 Å². The van der Waals surface area contributed by atoms with Gasteiger partial charge in [0.05, 0.1) is 0 Å². The van der Waals surface area contributed by atoms with Crippen molar-refractivity contribution in [1.82, 2.24) is 0 Å². The van der Waals surface area contributed by atoms with Gasteiger partial charge in [-0.1, -0.05) is 191 Å². The second kappa shape index (κ2) is 44.8. The van der Waals surface area contributed by atoms with Crippen LogP contribution in [-0.2, 0) is 28.6 Å². The van der Waals surface area contributed by atoms with Crippen LogP contribution in [0.15, 0.2) is 60.8 Å². The van der Waals surface area contributed by atoms with E-state index >= 15 is 0 Å². The summed E-state index contributed by atoms with van der Waals surface area (Å²) in [5, 5.41) is 0. The largest absolute Gasteiger partial charge is 0.462 e. The lowest BCUT2D eigenvalue weighted by Gasteiger charge is -2.18. The highest BCUT2D eigenvalue weighted by Gasteiger charge is 2.19. The summed E-state index contributed by atoms with van der Waals surface area (Å²) in [6.07, 6.45) is 53.6. The van der Waals surface area contributed by atoms with E-state index in [2.05, 4.69) is 81.5 Å². The molecule has 6 nitrogen and oxygen atoms in total. The fourth-order valence-electron chi connectivity index (χ4n) is 6.28. The molecule has 0 saturated carbocycles. The van der Waals surface area contributed by atoms with Gasteiger partial charge < -0.3 is 14.2 Å². The van der Waals surface area contributed by atoms with Gasteiger partial charge in [-0.3, -0.25) is 14.4 Å². The number of unbranched alkanes of at least 4 members (excludes halogenated alkanes) is 21. The van der Waals surface area contributed by atoms with Crippen molar-refractivity contribution in [1.29, 1.82) is 0 Å². The average molecular weight is 783 g/mol. The molecule has 0 aromatic carbocycles. The highest BCUT2D eigenvalue weighted by molar-refractivity contribution is 5.71. The number of hydrogen-bond acceptors (Lipinski definition) is 6. The van der Waals surface area contributed by atoms with Gasteiger partial charge in [0, 0.05) is 19.3 Å². The van der Waals surface area contributed by atoms with Crippen molar-refractivity contribution in [2.24, 2.45) is 0 Å². The number of ether oxygens (including phenoxy) is 3. The van der Waals surface area contributed by atoms with E-state index in [-0.39, 0.29) is 37.5 Å². The third-order valence-corrected chi connectivity index (χ3v) is 9.78. The predicted molar refractivity (Wildman–Crippen MR) is 238 cm³/mol. The molecule has 0 saturated heterocycles. The summed E-state index contributed by atoms with van der Waals surface area (Å²) in [5.74, 6) is -0.975. The van der Waals surface area contributed by atoms with Crippen LogP contribution < -0.4 is 0 Å². The molecule has 6 heteroatoms. The zero-order valence-electron chi connectivity index (χ0n) is 36.6. The molecule has 0 aromatic heterocycles. The van der Waals surface area contributed by atoms with E-state index in [0.29, 0.717) is 19.3 Å². The Labute approximate surface area is 345 Å². The van der Waals surface area contributed by atoms with Gasteiger partial charge in [-0.2, -0.15) is 0 Å². The third-order valence-electron chi connectivity index (χ3n) is 9.78. The molecule has 0 rings (SSSR count). The van der Waals surface area contributed by atoms with Crippen LogP contribution in [0.5, 0.6) is 0 Å². The van der Waals surface area contributed by atoms with Crippen molar-refractivity contribution in [3.63, 3.8) is 0 Å². The van der Waals surface area contributed by atoms with Crippen molar-refractivity contribution >= 4 is 17.9 Å². The first-order valence-corrected chi connectivity index (χ1v) is 23.3. The van der Waals surface area contributed by atoms with Crippen LogP contribution in [0.1, 0.15) is 220 Å². The maximum atomic E-state index is 12.7. The maximum Gasteiger partial charge on any atom is 0.306 e. The Morgan fingerprint density at radius 2 is 0.768 bits per heavy atom. The quantitative estimate of drug-likeness (QED) is 0.0202. The summed E-state index contributed by atoms with van der Waals surface area (Å²) < 4.78 is 16.6.